The third-order valence-electron chi connectivity index (χ3n) is 3.88. The molecular weight excluding hydrogens is 274 g/mol. The molecule has 0 aliphatic rings. The van der Waals surface area contributed by atoms with Crippen LogP contribution < -0.4 is 0 Å². The number of hydrogen-bond donors (Lipinski definition) is 0. The first-order valence-electron chi connectivity index (χ1n) is 7.95. The number of rotatable bonds is 4. The van der Waals surface area contributed by atoms with Gasteiger partial charge in [-0.3, -0.25) is 4.68 Å². The predicted molar refractivity (Wildman–Crippen MR) is 88.9 cm³/mol. The van der Waals surface area contributed by atoms with Gasteiger partial charge in [0.2, 0.25) is 0 Å². The Hall–Kier alpha value is -2.17. The number of fused-ring (bicyclic) bond motifs is 1. The Labute approximate surface area is 131 Å². The summed E-state index contributed by atoms with van der Waals surface area (Å²) in [7, 11) is 0. The van der Waals surface area contributed by atoms with E-state index in [0.717, 1.165) is 34.5 Å². The van der Waals surface area contributed by atoms with Crippen molar-refractivity contribution in [1.29, 1.82) is 0 Å². The first-order valence-corrected chi connectivity index (χ1v) is 7.95. The van der Waals surface area contributed by atoms with E-state index >= 15 is 0 Å². The van der Waals surface area contributed by atoms with Crippen LogP contribution in [0.15, 0.2) is 24.4 Å². The van der Waals surface area contributed by atoms with Crippen LogP contribution in [0.4, 0.5) is 0 Å². The van der Waals surface area contributed by atoms with E-state index in [0.29, 0.717) is 12.1 Å². The Bertz CT molecular complexity index is 795. The van der Waals surface area contributed by atoms with Gasteiger partial charge >= 0.3 is 0 Å². The van der Waals surface area contributed by atoms with Gasteiger partial charge in [0.1, 0.15) is 0 Å². The molecule has 0 radical (unpaired) electrons. The molecule has 3 aromatic rings. The molecule has 3 rings (SSSR count). The van der Waals surface area contributed by atoms with Crippen molar-refractivity contribution in [3.63, 3.8) is 0 Å². The fraction of sp³-hybridized carbons (Fsp3) is 0.471. The van der Waals surface area contributed by atoms with Crippen LogP contribution in [0.2, 0.25) is 0 Å². The van der Waals surface area contributed by atoms with E-state index in [1.165, 1.54) is 0 Å². The van der Waals surface area contributed by atoms with Gasteiger partial charge in [-0.1, -0.05) is 6.92 Å². The minimum absolute atomic E-state index is 0.292. The Morgan fingerprint density at radius 1 is 1.00 bits per heavy atom. The highest BCUT2D eigenvalue weighted by Gasteiger charge is 2.16. The van der Waals surface area contributed by atoms with Crippen molar-refractivity contribution in [2.24, 2.45) is 0 Å². The van der Waals surface area contributed by atoms with E-state index in [1.54, 1.807) is 0 Å². The molecule has 0 amide bonds. The normalized spacial score (nSPS) is 12.0. The lowest BCUT2D eigenvalue weighted by atomic mass is 10.2. The molecule has 0 unspecified atom stereocenters. The zero-order valence-electron chi connectivity index (χ0n) is 13.9. The van der Waals surface area contributed by atoms with Crippen molar-refractivity contribution in [3.8, 4) is 11.4 Å². The Morgan fingerprint density at radius 3 is 2.36 bits per heavy atom. The fourth-order valence-corrected chi connectivity index (χ4v) is 2.77. The van der Waals surface area contributed by atoms with Gasteiger partial charge in [-0.2, -0.15) is 10.2 Å². The fourth-order valence-electron chi connectivity index (χ4n) is 2.77. The van der Waals surface area contributed by atoms with Crippen molar-refractivity contribution in [1.82, 2.24) is 24.5 Å². The molecule has 0 aliphatic carbocycles. The minimum atomic E-state index is 0.292. The lowest BCUT2D eigenvalue weighted by Crippen LogP contribution is -2.07. The first kappa shape index (κ1) is 14.8. The SMILES string of the molecule is CCc1nn(C(C)C)c2nc(-c3ccnn3C(C)C)ccc12. The summed E-state index contributed by atoms with van der Waals surface area (Å²) in [5.74, 6) is 0. The van der Waals surface area contributed by atoms with Gasteiger partial charge in [0.15, 0.2) is 5.65 Å². The second-order valence-corrected chi connectivity index (χ2v) is 6.16. The molecule has 22 heavy (non-hydrogen) atoms. The highest BCUT2D eigenvalue weighted by molar-refractivity contribution is 5.81. The van der Waals surface area contributed by atoms with Crippen molar-refractivity contribution in [2.45, 2.75) is 53.1 Å². The van der Waals surface area contributed by atoms with E-state index < -0.39 is 0 Å². The van der Waals surface area contributed by atoms with Crippen molar-refractivity contribution in [3.05, 3.63) is 30.1 Å². The van der Waals surface area contributed by atoms with E-state index in [-0.39, 0.29) is 0 Å². The summed E-state index contributed by atoms with van der Waals surface area (Å²) >= 11 is 0. The Kier molecular flexibility index (Phi) is 3.72. The summed E-state index contributed by atoms with van der Waals surface area (Å²) in [5.41, 5.74) is 4.07. The van der Waals surface area contributed by atoms with Crippen LogP contribution in [0.3, 0.4) is 0 Å². The summed E-state index contributed by atoms with van der Waals surface area (Å²) < 4.78 is 4.03. The highest BCUT2D eigenvalue weighted by atomic mass is 15.3. The van der Waals surface area contributed by atoms with Crippen LogP contribution in [0.1, 0.15) is 52.4 Å². The van der Waals surface area contributed by atoms with Gasteiger partial charge < -0.3 is 0 Å². The van der Waals surface area contributed by atoms with E-state index in [9.17, 15) is 0 Å². The summed E-state index contributed by atoms with van der Waals surface area (Å²) in [6.45, 7) is 10.7. The number of aryl methyl sites for hydroxylation is 1. The zero-order valence-corrected chi connectivity index (χ0v) is 13.9. The van der Waals surface area contributed by atoms with Crippen LogP contribution in [-0.2, 0) is 6.42 Å². The Morgan fingerprint density at radius 2 is 1.73 bits per heavy atom. The summed E-state index contributed by atoms with van der Waals surface area (Å²) in [6, 6.07) is 6.83. The van der Waals surface area contributed by atoms with Gasteiger partial charge in [0.05, 0.1) is 17.1 Å². The summed E-state index contributed by atoms with van der Waals surface area (Å²) in [5, 5.41) is 10.3. The van der Waals surface area contributed by atoms with Gasteiger partial charge in [0, 0.05) is 23.7 Å². The maximum Gasteiger partial charge on any atom is 0.159 e. The first-order chi connectivity index (χ1) is 10.5. The number of aromatic nitrogens is 5. The van der Waals surface area contributed by atoms with Crippen molar-refractivity contribution < 1.29 is 0 Å². The average molecular weight is 297 g/mol. The highest BCUT2D eigenvalue weighted by Crippen LogP contribution is 2.26. The second kappa shape index (κ2) is 5.55. The Balaban J connectivity index is 2.21. The standard InChI is InChI=1S/C17H23N5/c1-6-14-13-7-8-15(16-9-10-18-21(16)11(2)3)19-17(13)22(20-14)12(4)5/h7-12H,6H2,1-5H3. The third kappa shape index (κ3) is 2.30. The predicted octanol–water partition coefficient (Wildman–Crippen LogP) is 4.02. The third-order valence-corrected chi connectivity index (χ3v) is 3.88. The topological polar surface area (TPSA) is 48.5 Å². The van der Waals surface area contributed by atoms with Crippen molar-refractivity contribution >= 4 is 11.0 Å². The molecular formula is C17H23N5. The molecule has 0 saturated heterocycles. The van der Waals surface area contributed by atoms with Crippen LogP contribution in [0.25, 0.3) is 22.4 Å². The molecule has 5 heteroatoms. The zero-order chi connectivity index (χ0) is 15.9. The van der Waals surface area contributed by atoms with Crippen molar-refractivity contribution in [2.75, 3.05) is 0 Å². The molecule has 0 aromatic carbocycles. The van der Waals surface area contributed by atoms with Crippen LogP contribution in [-0.4, -0.2) is 24.5 Å². The molecule has 3 heterocycles. The number of pyridine rings is 1. The second-order valence-electron chi connectivity index (χ2n) is 6.16. The van der Waals surface area contributed by atoms with Crippen LogP contribution in [0, 0.1) is 0 Å². The maximum absolute atomic E-state index is 4.89. The molecule has 116 valence electrons. The van der Waals surface area contributed by atoms with Gasteiger partial charge in [-0.15, -0.1) is 0 Å². The van der Waals surface area contributed by atoms with Gasteiger partial charge in [-0.25, -0.2) is 9.67 Å². The molecule has 3 aromatic heterocycles. The molecule has 0 spiro atoms. The quantitative estimate of drug-likeness (QED) is 0.730. The van der Waals surface area contributed by atoms with Gasteiger partial charge in [0.25, 0.3) is 0 Å². The average Bonchev–Trinajstić information content (AvgIpc) is 3.11. The molecule has 0 bridgehead atoms. The van der Waals surface area contributed by atoms with Crippen LogP contribution in [0.5, 0.6) is 0 Å². The molecule has 0 aliphatic heterocycles. The summed E-state index contributed by atoms with van der Waals surface area (Å²) in [6.07, 6.45) is 2.75. The minimum Gasteiger partial charge on any atom is -0.261 e. The number of hydrogen-bond acceptors (Lipinski definition) is 3. The lowest BCUT2D eigenvalue weighted by molar-refractivity contribution is 0.535. The maximum atomic E-state index is 4.89. The molecule has 0 fully saturated rings. The van der Waals surface area contributed by atoms with E-state index in [2.05, 4.69) is 51.9 Å². The number of nitrogens with zero attached hydrogens (tertiary/aromatic N) is 5. The summed E-state index contributed by atoms with van der Waals surface area (Å²) in [4.78, 5) is 4.89. The molecule has 5 nitrogen and oxygen atoms in total. The largest absolute Gasteiger partial charge is 0.261 e. The lowest BCUT2D eigenvalue weighted by Gasteiger charge is -2.11. The molecule has 0 N–H and O–H groups in total. The van der Waals surface area contributed by atoms with Crippen LogP contribution >= 0.6 is 0 Å². The van der Waals surface area contributed by atoms with Gasteiger partial charge in [-0.05, 0) is 52.3 Å². The van der Waals surface area contributed by atoms with E-state index in [4.69, 9.17) is 10.1 Å². The van der Waals surface area contributed by atoms with E-state index in [1.807, 2.05) is 21.6 Å². The monoisotopic (exact) mass is 297 g/mol. The smallest absolute Gasteiger partial charge is 0.159 e. The molecule has 0 atom stereocenters. The molecule has 0 saturated carbocycles.